The predicted molar refractivity (Wildman–Crippen MR) is 119 cm³/mol. The molecule has 1 heterocycles. The first kappa shape index (κ1) is 24.0. The topological polar surface area (TPSA) is 70.9 Å². The molecule has 0 aromatic heterocycles. The summed E-state index contributed by atoms with van der Waals surface area (Å²) >= 11 is 0. The lowest BCUT2D eigenvalue weighted by molar-refractivity contribution is -0.192. The van der Waals surface area contributed by atoms with Gasteiger partial charge in [-0.15, -0.1) is 0 Å². The summed E-state index contributed by atoms with van der Waals surface area (Å²) in [7, 11) is 1.73. The molecule has 0 bridgehead atoms. The van der Waals surface area contributed by atoms with Gasteiger partial charge < -0.3 is 15.2 Å². The van der Waals surface area contributed by atoms with Crippen LogP contribution < -0.4 is 5.32 Å². The lowest BCUT2D eigenvalue weighted by atomic mass is 9.95. The van der Waals surface area contributed by atoms with E-state index in [0.29, 0.717) is 0 Å². The Labute approximate surface area is 189 Å². The molecular weight excluding hydrogens is 433 g/mol. The molecule has 33 heavy (non-hydrogen) atoms. The Kier molecular flexibility index (Phi) is 7.84. The van der Waals surface area contributed by atoms with E-state index >= 15 is 0 Å². The fourth-order valence-corrected chi connectivity index (χ4v) is 3.52. The van der Waals surface area contributed by atoms with Crippen molar-refractivity contribution in [2.24, 2.45) is 4.99 Å². The predicted octanol–water partition coefficient (Wildman–Crippen LogP) is 5.49. The Balaban J connectivity index is 0.000000383. The highest BCUT2D eigenvalue weighted by Crippen LogP contribution is 2.38. The van der Waals surface area contributed by atoms with Crippen molar-refractivity contribution in [3.8, 4) is 0 Å². The van der Waals surface area contributed by atoms with Crippen LogP contribution >= 0.6 is 0 Å². The summed E-state index contributed by atoms with van der Waals surface area (Å²) in [6.07, 6.45) is -5.28. The smallest absolute Gasteiger partial charge is 0.475 e. The van der Waals surface area contributed by atoms with Crippen LogP contribution in [0.25, 0.3) is 0 Å². The molecule has 1 aliphatic rings. The highest BCUT2D eigenvalue weighted by atomic mass is 19.4. The molecule has 0 radical (unpaired) electrons. The van der Waals surface area contributed by atoms with E-state index in [1.165, 1.54) is 11.1 Å². The van der Waals surface area contributed by atoms with E-state index in [-0.39, 0.29) is 18.2 Å². The molecule has 0 spiro atoms. The number of methoxy groups -OCH3 is 1. The minimum absolute atomic E-state index is 0.0231. The zero-order valence-electron chi connectivity index (χ0n) is 17.7. The maximum atomic E-state index is 10.6. The van der Waals surface area contributed by atoms with Gasteiger partial charge in [0.1, 0.15) is 18.0 Å². The summed E-state index contributed by atoms with van der Waals surface area (Å²) in [6.45, 7) is 0. The van der Waals surface area contributed by atoms with Gasteiger partial charge in [-0.1, -0.05) is 91.0 Å². The largest absolute Gasteiger partial charge is 0.490 e. The van der Waals surface area contributed by atoms with Crippen LogP contribution in [-0.2, 0) is 9.53 Å². The van der Waals surface area contributed by atoms with Crippen LogP contribution in [0.1, 0.15) is 34.9 Å². The molecule has 172 valence electrons. The summed E-state index contributed by atoms with van der Waals surface area (Å²) in [5.74, 6) is -1.88. The molecule has 3 aromatic rings. The van der Waals surface area contributed by atoms with Crippen molar-refractivity contribution in [2.75, 3.05) is 7.11 Å². The lowest BCUT2D eigenvalue weighted by Gasteiger charge is -2.21. The minimum Gasteiger partial charge on any atom is -0.475 e. The molecule has 3 aromatic carbocycles. The second-order valence-corrected chi connectivity index (χ2v) is 7.23. The number of aliphatic carboxylic acids is 1. The van der Waals surface area contributed by atoms with E-state index in [1.807, 2.05) is 30.3 Å². The van der Waals surface area contributed by atoms with Crippen LogP contribution in [0.4, 0.5) is 13.2 Å². The number of nitrogens with zero attached hydrogens (tertiary/aromatic N) is 1. The first-order valence-corrected chi connectivity index (χ1v) is 10.1. The van der Waals surface area contributed by atoms with E-state index in [4.69, 9.17) is 19.6 Å². The third-order valence-electron chi connectivity index (χ3n) is 5.03. The first-order valence-electron chi connectivity index (χ1n) is 10.1. The number of amidine groups is 1. The Hall–Kier alpha value is -3.65. The van der Waals surface area contributed by atoms with E-state index in [2.05, 4.69) is 66.0 Å². The maximum absolute atomic E-state index is 10.6. The standard InChI is InChI=1S/C23H22N2O.C2HF3O2/c1-26-22(19-15-9-4-10-16-19)23-24-20(17-11-5-2-6-12-17)21(25-23)18-13-7-3-8-14-18;3-2(4,5)1(6)7/h2-16,20-22H,1H3,(H,24,25);(H,6,7)/t20-,21+,22?;. The number of aliphatic imine (C=N–C) groups is 1. The van der Waals surface area contributed by atoms with Crippen molar-refractivity contribution < 1.29 is 27.8 Å². The maximum Gasteiger partial charge on any atom is 0.490 e. The number of carboxylic acid groups (broad SMARTS) is 1. The molecule has 4 rings (SSSR count). The number of nitrogens with one attached hydrogen (secondary N) is 1. The number of benzene rings is 3. The molecule has 8 heteroatoms. The van der Waals surface area contributed by atoms with Gasteiger partial charge in [0.2, 0.25) is 0 Å². The SMILES string of the molecule is COC(C1=N[C@H](c2ccccc2)[C@H](c2ccccc2)N1)c1ccccc1.O=C(O)C(F)(F)F. The van der Waals surface area contributed by atoms with Crippen LogP contribution in [0.5, 0.6) is 0 Å². The number of hydrogen-bond acceptors (Lipinski definition) is 4. The first-order chi connectivity index (χ1) is 15.8. The van der Waals surface area contributed by atoms with Crippen molar-refractivity contribution in [1.29, 1.82) is 0 Å². The molecule has 0 amide bonds. The van der Waals surface area contributed by atoms with Gasteiger partial charge in [0.05, 0.1) is 6.04 Å². The number of rotatable bonds is 5. The number of hydrogen-bond donors (Lipinski definition) is 2. The zero-order valence-corrected chi connectivity index (χ0v) is 17.7. The second-order valence-electron chi connectivity index (χ2n) is 7.23. The van der Waals surface area contributed by atoms with Crippen LogP contribution in [0.3, 0.4) is 0 Å². The normalized spacial score (nSPS) is 18.4. The van der Waals surface area contributed by atoms with Gasteiger partial charge in [0.15, 0.2) is 0 Å². The van der Waals surface area contributed by atoms with Crippen molar-refractivity contribution in [3.05, 3.63) is 108 Å². The number of alkyl halides is 3. The summed E-state index contributed by atoms with van der Waals surface area (Å²) in [5.41, 5.74) is 3.52. The zero-order chi connectivity index (χ0) is 23.8. The third kappa shape index (κ3) is 6.20. The fraction of sp³-hybridized carbons (Fsp3) is 0.200. The minimum atomic E-state index is -5.08. The molecule has 5 nitrogen and oxygen atoms in total. The van der Waals surface area contributed by atoms with Gasteiger partial charge in [0, 0.05) is 7.11 Å². The highest BCUT2D eigenvalue weighted by Gasteiger charge is 2.38. The quantitative estimate of drug-likeness (QED) is 0.533. The van der Waals surface area contributed by atoms with E-state index in [0.717, 1.165) is 11.4 Å². The number of carboxylic acids is 1. The Morgan fingerprint density at radius 3 is 1.82 bits per heavy atom. The van der Waals surface area contributed by atoms with Crippen molar-refractivity contribution in [1.82, 2.24) is 5.32 Å². The van der Waals surface area contributed by atoms with Crippen LogP contribution in [-0.4, -0.2) is 30.2 Å². The molecule has 0 aliphatic carbocycles. The average Bonchev–Trinajstić information content (AvgIpc) is 3.26. The summed E-state index contributed by atoms with van der Waals surface area (Å²) in [6, 6.07) is 31.3. The second kappa shape index (κ2) is 10.8. The van der Waals surface area contributed by atoms with E-state index < -0.39 is 12.1 Å². The highest BCUT2D eigenvalue weighted by molar-refractivity contribution is 5.90. The molecule has 3 atom stereocenters. The monoisotopic (exact) mass is 456 g/mol. The van der Waals surface area contributed by atoms with Gasteiger partial charge in [-0.05, 0) is 16.7 Å². The Bertz CT molecular complexity index is 1060. The van der Waals surface area contributed by atoms with Crippen LogP contribution in [0, 0.1) is 0 Å². The van der Waals surface area contributed by atoms with Crippen molar-refractivity contribution in [2.45, 2.75) is 24.4 Å². The molecule has 1 unspecified atom stereocenters. The van der Waals surface area contributed by atoms with Gasteiger partial charge in [0.25, 0.3) is 0 Å². The summed E-state index contributed by atoms with van der Waals surface area (Å²) < 4.78 is 37.5. The van der Waals surface area contributed by atoms with Crippen LogP contribution in [0.2, 0.25) is 0 Å². The third-order valence-corrected chi connectivity index (χ3v) is 5.03. The average molecular weight is 456 g/mol. The van der Waals surface area contributed by atoms with Crippen LogP contribution in [0.15, 0.2) is 96.0 Å². The number of carbonyl (C=O) groups is 1. The molecular formula is C25H23F3N2O3. The lowest BCUT2D eigenvalue weighted by Crippen LogP contribution is -2.29. The van der Waals surface area contributed by atoms with Gasteiger partial charge >= 0.3 is 12.1 Å². The van der Waals surface area contributed by atoms with Crippen molar-refractivity contribution in [3.63, 3.8) is 0 Å². The van der Waals surface area contributed by atoms with Gasteiger partial charge in [-0.2, -0.15) is 13.2 Å². The number of ether oxygens (including phenoxy) is 1. The molecule has 0 saturated carbocycles. The Morgan fingerprint density at radius 2 is 1.36 bits per heavy atom. The summed E-state index contributed by atoms with van der Waals surface area (Å²) in [4.78, 5) is 13.9. The van der Waals surface area contributed by atoms with E-state index in [9.17, 15) is 13.2 Å². The molecule has 1 aliphatic heterocycles. The molecule has 2 N–H and O–H groups in total. The Morgan fingerprint density at radius 1 is 0.909 bits per heavy atom. The molecule has 0 saturated heterocycles. The van der Waals surface area contributed by atoms with Gasteiger partial charge in [-0.25, -0.2) is 4.79 Å². The fourth-order valence-electron chi connectivity index (χ4n) is 3.52. The number of halogens is 3. The van der Waals surface area contributed by atoms with Gasteiger partial charge in [-0.3, -0.25) is 4.99 Å². The molecule has 0 fully saturated rings. The van der Waals surface area contributed by atoms with Crippen molar-refractivity contribution >= 4 is 11.8 Å². The summed E-state index contributed by atoms with van der Waals surface area (Å²) in [5, 5.41) is 10.8. The van der Waals surface area contributed by atoms with E-state index in [1.54, 1.807) is 7.11 Å².